The zero-order chi connectivity index (χ0) is 11.1. The van der Waals surface area contributed by atoms with Crippen LogP contribution < -0.4 is 0 Å². The molecule has 0 saturated heterocycles. The molecule has 0 radical (unpaired) electrons. The van der Waals surface area contributed by atoms with Crippen molar-refractivity contribution in [3.8, 4) is 0 Å². The average Bonchev–Trinajstić information content (AvgIpc) is 2.24. The number of unbranched alkanes of at least 4 members (excludes halogenated alkanes) is 1. The molecule has 4 rings (SSSR count). The maximum atomic E-state index is 12.4. The highest BCUT2D eigenvalue weighted by Gasteiger charge is 2.49. The average molecular weight is 240 g/mol. The lowest BCUT2D eigenvalue weighted by atomic mass is 9.56. The SMILES string of the molecule is CCCC[S@](=O)C1C2CC3CC(C2)CC1C3. The third-order valence-corrected chi connectivity index (χ3v) is 7.21. The van der Waals surface area contributed by atoms with Gasteiger partial charge in [-0.1, -0.05) is 13.3 Å². The van der Waals surface area contributed by atoms with E-state index in [1.54, 1.807) is 0 Å². The fraction of sp³-hybridized carbons (Fsp3) is 1.00. The van der Waals surface area contributed by atoms with E-state index in [1.807, 2.05) is 0 Å². The summed E-state index contributed by atoms with van der Waals surface area (Å²) in [6.45, 7) is 2.20. The van der Waals surface area contributed by atoms with Gasteiger partial charge in [-0.05, 0) is 62.2 Å². The van der Waals surface area contributed by atoms with Crippen LogP contribution in [0.2, 0.25) is 0 Å². The van der Waals surface area contributed by atoms with Gasteiger partial charge in [0.05, 0.1) is 0 Å². The highest BCUT2D eigenvalue weighted by atomic mass is 32.2. The summed E-state index contributed by atoms with van der Waals surface area (Å²) in [5.41, 5.74) is 0. The van der Waals surface area contributed by atoms with Gasteiger partial charge in [-0.3, -0.25) is 4.21 Å². The molecule has 0 aromatic rings. The van der Waals surface area contributed by atoms with Gasteiger partial charge < -0.3 is 0 Å². The molecule has 1 atom stereocenters. The Kier molecular flexibility index (Phi) is 3.12. The second kappa shape index (κ2) is 4.44. The Morgan fingerprint density at radius 1 is 1.00 bits per heavy atom. The molecule has 2 heteroatoms. The molecule has 0 aromatic heterocycles. The third-order valence-electron chi connectivity index (χ3n) is 5.14. The van der Waals surface area contributed by atoms with E-state index < -0.39 is 10.8 Å². The van der Waals surface area contributed by atoms with Gasteiger partial charge in [0.25, 0.3) is 0 Å². The minimum absolute atomic E-state index is 0.510. The number of hydrogen-bond acceptors (Lipinski definition) is 1. The van der Waals surface area contributed by atoms with E-state index in [4.69, 9.17) is 0 Å². The first kappa shape index (κ1) is 11.3. The molecule has 0 unspecified atom stereocenters. The van der Waals surface area contributed by atoms with E-state index in [-0.39, 0.29) is 0 Å². The topological polar surface area (TPSA) is 17.1 Å². The van der Waals surface area contributed by atoms with Crippen LogP contribution >= 0.6 is 0 Å². The van der Waals surface area contributed by atoms with Crippen LogP contribution in [0.5, 0.6) is 0 Å². The van der Waals surface area contributed by atoms with Crippen molar-refractivity contribution >= 4 is 10.8 Å². The highest BCUT2D eigenvalue weighted by molar-refractivity contribution is 7.85. The van der Waals surface area contributed by atoms with Gasteiger partial charge in [0, 0.05) is 21.8 Å². The summed E-state index contributed by atoms with van der Waals surface area (Å²) in [7, 11) is -0.510. The molecule has 4 aliphatic carbocycles. The Hall–Kier alpha value is 0.150. The van der Waals surface area contributed by atoms with Crippen molar-refractivity contribution in [3.63, 3.8) is 0 Å². The van der Waals surface area contributed by atoms with E-state index >= 15 is 0 Å². The molecule has 1 nitrogen and oxygen atoms in total. The lowest BCUT2D eigenvalue weighted by molar-refractivity contribution is 0.0252. The Balaban J connectivity index is 1.69. The van der Waals surface area contributed by atoms with Crippen molar-refractivity contribution < 1.29 is 4.21 Å². The molecular formula is C14H24OS. The first-order valence-electron chi connectivity index (χ1n) is 7.15. The second-order valence-corrected chi connectivity index (χ2v) is 8.05. The standard InChI is InChI=1S/C14H24OS/c1-2-3-4-16(15)14-12-6-10-5-11(8-12)9-13(14)7-10/h10-14H,2-9H2,1H3/t10?,11?,12?,13?,14?,16-/m0/s1. The summed E-state index contributed by atoms with van der Waals surface area (Å²) in [5, 5.41) is 0.597. The maximum absolute atomic E-state index is 12.4. The van der Waals surface area contributed by atoms with Gasteiger partial charge in [-0.15, -0.1) is 0 Å². The van der Waals surface area contributed by atoms with Crippen LogP contribution in [-0.4, -0.2) is 15.2 Å². The Morgan fingerprint density at radius 2 is 1.56 bits per heavy atom. The zero-order valence-corrected chi connectivity index (χ0v) is 11.2. The molecule has 4 saturated carbocycles. The molecule has 0 N–H and O–H groups in total. The summed E-state index contributed by atoms with van der Waals surface area (Å²) in [5.74, 6) is 4.69. The van der Waals surface area contributed by atoms with Crippen LogP contribution in [0.25, 0.3) is 0 Å². The van der Waals surface area contributed by atoms with Gasteiger partial charge in [0.2, 0.25) is 0 Å². The van der Waals surface area contributed by atoms with Crippen LogP contribution in [0.1, 0.15) is 51.9 Å². The maximum Gasteiger partial charge on any atom is 0.0404 e. The predicted octanol–water partition coefficient (Wildman–Crippen LogP) is 3.36. The Labute approximate surface area is 102 Å². The molecule has 0 aromatic carbocycles. The summed E-state index contributed by atoms with van der Waals surface area (Å²) >= 11 is 0. The molecule has 0 aliphatic heterocycles. The zero-order valence-electron chi connectivity index (χ0n) is 10.4. The van der Waals surface area contributed by atoms with Gasteiger partial charge in [0.15, 0.2) is 0 Å². The first-order valence-corrected chi connectivity index (χ1v) is 8.53. The van der Waals surface area contributed by atoms with Crippen LogP contribution in [0.4, 0.5) is 0 Å². The molecule has 4 aliphatic rings. The van der Waals surface area contributed by atoms with Crippen molar-refractivity contribution in [3.05, 3.63) is 0 Å². The van der Waals surface area contributed by atoms with Crippen molar-refractivity contribution in [2.45, 2.75) is 57.1 Å². The monoisotopic (exact) mass is 240 g/mol. The predicted molar refractivity (Wildman–Crippen MR) is 68.8 cm³/mol. The fourth-order valence-corrected chi connectivity index (χ4v) is 6.88. The fourth-order valence-electron chi connectivity index (χ4n) is 4.73. The van der Waals surface area contributed by atoms with Gasteiger partial charge in [0.1, 0.15) is 0 Å². The molecular weight excluding hydrogens is 216 g/mol. The molecule has 4 bridgehead atoms. The minimum Gasteiger partial charge on any atom is -0.259 e. The summed E-state index contributed by atoms with van der Waals surface area (Å²) in [4.78, 5) is 0. The quantitative estimate of drug-likeness (QED) is 0.736. The van der Waals surface area contributed by atoms with E-state index in [2.05, 4.69) is 6.92 Å². The lowest BCUT2D eigenvalue weighted by Crippen LogP contribution is -2.50. The first-order chi connectivity index (χ1) is 7.78. The van der Waals surface area contributed by atoms with Crippen molar-refractivity contribution in [2.75, 3.05) is 5.75 Å². The van der Waals surface area contributed by atoms with Crippen molar-refractivity contribution in [1.82, 2.24) is 0 Å². The molecule has 0 amide bonds. The van der Waals surface area contributed by atoms with E-state index in [9.17, 15) is 4.21 Å². The molecule has 4 fully saturated rings. The van der Waals surface area contributed by atoms with Crippen molar-refractivity contribution in [1.29, 1.82) is 0 Å². The normalized spacial score (nSPS) is 47.2. The minimum atomic E-state index is -0.510. The van der Waals surface area contributed by atoms with E-state index in [0.29, 0.717) is 5.25 Å². The highest BCUT2D eigenvalue weighted by Crippen LogP contribution is 2.55. The van der Waals surface area contributed by atoms with Crippen LogP contribution in [0, 0.1) is 23.7 Å². The summed E-state index contributed by atoms with van der Waals surface area (Å²) < 4.78 is 12.4. The van der Waals surface area contributed by atoms with Crippen molar-refractivity contribution in [2.24, 2.45) is 23.7 Å². The third kappa shape index (κ3) is 1.87. The number of hydrogen-bond donors (Lipinski definition) is 0. The van der Waals surface area contributed by atoms with Gasteiger partial charge >= 0.3 is 0 Å². The molecule has 16 heavy (non-hydrogen) atoms. The van der Waals surface area contributed by atoms with Gasteiger partial charge in [-0.2, -0.15) is 0 Å². The lowest BCUT2D eigenvalue weighted by Gasteiger charge is -2.53. The summed E-state index contributed by atoms with van der Waals surface area (Å²) in [6, 6.07) is 0. The smallest absolute Gasteiger partial charge is 0.0404 e. The van der Waals surface area contributed by atoms with E-state index in [0.717, 1.165) is 35.8 Å². The van der Waals surface area contributed by atoms with Crippen LogP contribution in [-0.2, 0) is 10.8 Å². The molecule has 92 valence electrons. The number of rotatable bonds is 4. The molecule has 0 spiro atoms. The van der Waals surface area contributed by atoms with E-state index in [1.165, 1.54) is 38.5 Å². The van der Waals surface area contributed by atoms with Crippen LogP contribution in [0.3, 0.4) is 0 Å². The van der Waals surface area contributed by atoms with Crippen LogP contribution in [0.15, 0.2) is 0 Å². The Bertz CT molecular complexity index is 258. The summed E-state index contributed by atoms with van der Waals surface area (Å²) in [6.07, 6.45) is 9.51. The second-order valence-electron chi connectivity index (χ2n) is 6.33. The van der Waals surface area contributed by atoms with Gasteiger partial charge in [-0.25, -0.2) is 0 Å². The molecule has 0 heterocycles. The largest absolute Gasteiger partial charge is 0.259 e. The Morgan fingerprint density at radius 3 is 2.06 bits per heavy atom.